The van der Waals surface area contributed by atoms with Gasteiger partial charge in [-0.15, -0.1) is 0 Å². The van der Waals surface area contributed by atoms with Crippen molar-refractivity contribution in [3.8, 4) is 0 Å². The van der Waals surface area contributed by atoms with Gasteiger partial charge in [0, 0.05) is 45.0 Å². The number of piperazine rings is 1. The highest BCUT2D eigenvalue weighted by Crippen LogP contribution is 2.17. The van der Waals surface area contributed by atoms with Gasteiger partial charge in [-0.25, -0.2) is 4.39 Å². The van der Waals surface area contributed by atoms with E-state index in [1.54, 1.807) is 12.1 Å². The van der Waals surface area contributed by atoms with Gasteiger partial charge in [-0.3, -0.25) is 9.80 Å². The number of benzene rings is 1. The minimum absolute atomic E-state index is 0.291. The van der Waals surface area contributed by atoms with Gasteiger partial charge in [-0.1, -0.05) is 6.07 Å². The van der Waals surface area contributed by atoms with Crippen molar-refractivity contribution in [1.82, 2.24) is 9.80 Å². The molecule has 1 aliphatic rings. The zero-order chi connectivity index (χ0) is 15.3. The summed E-state index contributed by atoms with van der Waals surface area (Å²) in [6.45, 7) is 2.66. The maximum atomic E-state index is 13.0. The van der Waals surface area contributed by atoms with Crippen molar-refractivity contribution in [2.24, 2.45) is 0 Å². The average molecular weight is 305 g/mol. The molecule has 1 fully saturated rings. The molecule has 1 heterocycles. The summed E-state index contributed by atoms with van der Waals surface area (Å²) >= 11 is 0. The Morgan fingerprint density at radius 3 is 2.33 bits per heavy atom. The lowest BCUT2D eigenvalue weighted by Gasteiger charge is -2.35. The van der Waals surface area contributed by atoms with E-state index >= 15 is 0 Å². The van der Waals surface area contributed by atoms with Crippen molar-refractivity contribution in [2.75, 3.05) is 51.1 Å². The van der Waals surface area contributed by atoms with E-state index in [9.17, 15) is 17.6 Å². The summed E-state index contributed by atoms with van der Waals surface area (Å²) in [5.74, 6) is -0.291. The Kier molecular flexibility index (Phi) is 5.41. The zero-order valence-electron chi connectivity index (χ0n) is 11.7. The third kappa shape index (κ3) is 5.89. The number of nitrogens with zero attached hydrogens (tertiary/aromatic N) is 2. The molecule has 1 saturated heterocycles. The maximum Gasteiger partial charge on any atom is 0.401 e. The molecule has 0 aliphatic carbocycles. The summed E-state index contributed by atoms with van der Waals surface area (Å²) in [5, 5.41) is 3.11. The predicted octanol–water partition coefficient (Wildman–Crippen LogP) is 2.42. The standard InChI is InChI=1S/C14H19F4N3/c15-12-2-1-3-13(10-12)19-4-5-20-6-8-21(9-7-20)11-14(16,17)18/h1-3,10,19H,4-9,11H2. The lowest BCUT2D eigenvalue weighted by Crippen LogP contribution is -2.50. The van der Waals surface area contributed by atoms with Gasteiger partial charge in [0.2, 0.25) is 0 Å². The molecule has 0 atom stereocenters. The number of nitrogens with one attached hydrogen (secondary N) is 1. The first-order valence-electron chi connectivity index (χ1n) is 6.93. The first-order chi connectivity index (χ1) is 9.92. The van der Waals surface area contributed by atoms with E-state index in [4.69, 9.17) is 0 Å². The molecule has 1 aliphatic heterocycles. The molecule has 0 unspecified atom stereocenters. The highest BCUT2D eigenvalue weighted by Gasteiger charge is 2.31. The van der Waals surface area contributed by atoms with Crippen LogP contribution in [0.4, 0.5) is 23.2 Å². The molecular formula is C14H19F4N3. The average Bonchev–Trinajstić information content (AvgIpc) is 2.39. The minimum Gasteiger partial charge on any atom is -0.384 e. The topological polar surface area (TPSA) is 18.5 Å². The molecule has 0 amide bonds. The van der Waals surface area contributed by atoms with Crippen LogP contribution in [0.25, 0.3) is 0 Å². The van der Waals surface area contributed by atoms with Gasteiger partial charge in [0.25, 0.3) is 0 Å². The largest absolute Gasteiger partial charge is 0.401 e. The Morgan fingerprint density at radius 1 is 1.05 bits per heavy atom. The molecule has 0 radical (unpaired) electrons. The molecule has 1 N–H and O–H groups in total. The van der Waals surface area contributed by atoms with E-state index in [-0.39, 0.29) is 5.82 Å². The van der Waals surface area contributed by atoms with Crippen molar-refractivity contribution in [1.29, 1.82) is 0 Å². The summed E-state index contributed by atoms with van der Waals surface area (Å²) in [6, 6.07) is 6.21. The SMILES string of the molecule is Fc1cccc(NCCN2CCN(CC(F)(F)F)CC2)c1. The van der Waals surface area contributed by atoms with Gasteiger partial charge in [0.05, 0.1) is 6.54 Å². The molecule has 0 aromatic heterocycles. The molecule has 7 heteroatoms. The Hall–Kier alpha value is -1.34. The van der Waals surface area contributed by atoms with Crippen LogP contribution in [0.3, 0.4) is 0 Å². The van der Waals surface area contributed by atoms with Crippen molar-refractivity contribution >= 4 is 5.69 Å². The monoisotopic (exact) mass is 305 g/mol. The predicted molar refractivity (Wildman–Crippen MR) is 73.8 cm³/mol. The Labute approximate surface area is 121 Å². The van der Waals surface area contributed by atoms with Crippen LogP contribution in [0.15, 0.2) is 24.3 Å². The summed E-state index contributed by atoms with van der Waals surface area (Å²) < 4.78 is 49.8. The summed E-state index contributed by atoms with van der Waals surface area (Å²) in [6.07, 6.45) is -4.12. The van der Waals surface area contributed by atoms with E-state index < -0.39 is 12.7 Å². The fourth-order valence-corrected chi connectivity index (χ4v) is 2.38. The van der Waals surface area contributed by atoms with E-state index in [1.165, 1.54) is 17.0 Å². The van der Waals surface area contributed by atoms with Gasteiger partial charge >= 0.3 is 6.18 Å². The molecule has 21 heavy (non-hydrogen) atoms. The van der Waals surface area contributed by atoms with Gasteiger partial charge in [0.15, 0.2) is 0 Å². The highest BCUT2D eigenvalue weighted by molar-refractivity contribution is 5.42. The van der Waals surface area contributed by atoms with Crippen molar-refractivity contribution in [2.45, 2.75) is 6.18 Å². The molecule has 1 aromatic rings. The molecule has 1 aromatic carbocycles. The second kappa shape index (κ2) is 7.09. The number of anilines is 1. The van der Waals surface area contributed by atoms with Crippen LogP contribution in [-0.2, 0) is 0 Å². The second-order valence-corrected chi connectivity index (χ2v) is 5.17. The fraction of sp³-hybridized carbons (Fsp3) is 0.571. The van der Waals surface area contributed by atoms with Crippen LogP contribution >= 0.6 is 0 Å². The zero-order valence-corrected chi connectivity index (χ0v) is 11.7. The quantitative estimate of drug-likeness (QED) is 0.843. The van der Waals surface area contributed by atoms with Gasteiger partial charge in [-0.2, -0.15) is 13.2 Å². The van der Waals surface area contributed by atoms with Crippen LogP contribution < -0.4 is 5.32 Å². The van der Waals surface area contributed by atoms with E-state index in [0.29, 0.717) is 38.4 Å². The Bertz CT molecular complexity index is 442. The fourth-order valence-electron chi connectivity index (χ4n) is 2.38. The van der Waals surface area contributed by atoms with Crippen molar-refractivity contribution < 1.29 is 17.6 Å². The van der Waals surface area contributed by atoms with Gasteiger partial charge in [-0.05, 0) is 18.2 Å². The maximum absolute atomic E-state index is 13.0. The van der Waals surface area contributed by atoms with E-state index in [2.05, 4.69) is 10.2 Å². The van der Waals surface area contributed by atoms with Crippen LogP contribution in [0, 0.1) is 5.82 Å². The smallest absolute Gasteiger partial charge is 0.384 e. The van der Waals surface area contributed by atoms with Crippen molar-refractivity contribution in [3.63, 3.8) is 0 Å². The van der Waals surface area contributed by atoms with Gasteiger partial charge < -0.3 is 5.32 Å². The Morgan fingerprint density at radius 2 is 1.71 bits per heavy atom. The second-order valence-electron chi connectivity index (χ2n) is 5.17. The third-order valence-corrected chi connectivity index (χ3v) is 3.45. The molecule has 0 bridgehead atoms. The van der Waals surface area contributed by atoms with Crippen LogP contribution in [-0.4, -0.2) is 61.8 Å². The summed E-state index contributed by atoms with van der Waals surface area (Å²) in [5.41, 5.74) is 0.714. The molecule has 3 nitrogen and oxygen atoms in total. The Balaban J connectivity index is 1.65. The van der Waals surface area contributed by atoms with Crippen LogP contribution in [0.2, 0.25) is 0 Å². The van der Waals surface area contributed by atoms with Crippen LogP contribution in [0.5, 0.6) is 0 Å². The van der Waals surface area contributed by atoms with Crippen LogP contribution in [0.1, 0.15) is 0 Å². The number of alkyl halides is 3. The third-order valence-electron chi connectivity index (χ3n) is 3.45. The number of rotatable bonds is 5. The number of hydrogen-bond donors (Lipinski definition) is 1. The summed E-state index contributed by atoms with van der Waals surface area (Å²) in [4.78, 5) is 3.54. The van der Waals surface area contributed by atoms with Gasteiger partial charge in [0.1, 0.15) is 5.82 Å². The highest BCUT2D eigenvalue weighted by atomic mass is 19.4. The molecule has 2 rings (SSSR count). The molecule has 0 spiro atoms. The lowest BCUT2D eigenvalue weighted by atomic mass is 10.3. The van der Waals surface area contributed by atoms with Crippen molar-refractivity contribution in [3.05, 3.63) is 30.1 Å². The number of hydrogen-bond acceptors (Lipinski definition) is 3. The first kappa shape index (κ1) is 16.0. The van der Waals surface area contributed by atoms with E-state index in [0.717, 1.165) is 6.54 Å². The molecule has 118 valence electrons. The first-order valence-corrected chi connectivity index (χ1v) is 6.93. The molecular weight excluding hydrogens is 286 g/mol. The molecule has 0 saturated carbocycles. The van der Waals surface area contributed by atoms with E-state index in [1.807, 2.05) is 0 Å². The minimum atomic E-state index is -4.12. The summed E-state index contributed by atoms with van der Waals surface area (Å²) in [7, 11) is 0. The lowest BCUT2D eigenvalue weighted by molar-refractivity contribution is -0.149. The number of halogens is 4. The normalized spacial score (nSPS) is 17.9.